The number of methoxy groups -OCH3 is 2. The van der Waals surface area contributed by atoms with Crippen LogP contribution in [0.5, 0.6) is 0 Å². The van der Waals surface area contributed by atoms with Gasteiger partial charge in [0.25, 0.3) is 0 Å². The van der Waals surface area contributed by atoms with E-state index in [-0.39, 0.29) is 34.0 Å². The van der Waals surface area contributed by atoms with Crippen molar-refractivity contribution in [3.63, 3.8) is 0 Å². The highest BCUT2D eigenvalue weighted by atomic mass is 16.6. The van der Waals surface area contributed by atoms with Crippen LogP contribution in [0, 0.1) is 21.4 Å². The van der Waals surface area contributed by atoms with Crippen molar-refractivity contribution in [2.75, 3.05) is 19.1 Å². The van der Waals surface area contributed by atoms with E-state index in [2.05, 4.69) is 6.07 Å². The van der Waals surface area contributed by atoms with Crippen LogP contribution in [0.1, 0.15) is 24.0 Å². The van der Waals surface area contributed by atoms with E-state index in [0.717, 1.165) is 0 Å². The second-order valence-corrected chi connectivity index (χ2v) is 7.84. The number of hydrogen-bond acceptors (Lipinski definition) is 9. The van der Waals surface area contributed by atoms with Gasteiger partial charge < -0.3 is 15.2 Å². The first kappa shape index (κ1) is 25.0. The van der Waals surface area contributed by atoms with Crippen molar-refractivity contribution >= 4 is 17.6 Å². The van der Waals surface area contributed by atoms with Gasteiger partial charge in [0.15, 0.2) is 0 Å². The van der Waals surface area contributed by atoms with E-state index in [1.165, 1.54) is 26.0 Å². The van der Waals surface area contributed by atoms with E-state index in [4.69, 9.17) is 15.2 Å². The van der Waals surface area contributed by atoms with E-state index in [1.807, 2.05) is 0 Å². The number of nitriles is 1. The highest BCUT2D eigenvalue weighted by Gasteiger charge is 2.42. The standard InChI is InChI=1S/C25H24N4O6/c1-15(29(32)33)13-16-9-11-18(12-10-16)28-22(25(31)35-3)21(24(30)34-2)20(19(14-26)23(28)27)17-7-5-4-6-8-17/h4-12,15,20H,13,27H2,1-3H3. The van der Waals surface area contributed by atoms with E-state index in [9.17, 15) is 25.0 Å². The topological polar surface area (TPSA) is 149 Å². The molecule has 2 unspecified atom stereocenters. The molecule has 2 aromatic rings. The van der Waals surface area contributed by atoms with Crippen molar-refractivity contribution in [3.8, 4) is 6.07 Å². The zero-order chi connectivity index (χ0) is 25.7. The predicted molar refractivity (Wildman–Crippen MR) is 126 cm³/mol. The van der Waals surface area contributed by atoms with Crippen molar-refractivity contribution in [3.05, 3.63) is 98.5 Å². The molecule has 0 saturated heterocycles. The van der Waals surface area contributed by atoms with Crippen molar-refractivity contribution in [2.45, 2.75) is 25.3 Å². The van der Waals surface area contributed by atoms with Gasteiger partial charge in [-0.1, -0.05) is 42.5 Å². The third-order valence-corrected chi connectivity index (χ3v) is 5.70. The van der Waals surface area contributed by atoms with E-state index in [0.29, 0.717) is 16.8 Å². The molecule has 180 valence electrons. The number of carbonyl (C=O) groups excluding carboxylic acids is 2. The highest BCUT2D eigenvalue weighted by molar-refractivity contribution is 6.06. The van der Waals surface area contributed by atoms with Gasteiger partial charge in [0.1, 0.15) is 11.5 Å². The van der Waals surface area contributed by atoms with Crippen molar-refractivity contribution in [1.29, 1.82) is 5.26 Å². The molecule has 0 spiro atoms. The third-order valence-electron chi connectivity index (χ3n) is 5.70. The number of ether oxygens (including phenoxy) is 2. The molecule has 0 amide bonds. The van der Waals surface area contributed by atoms with Gasteiger partial charge in [-0.25, -0.2) is 9.59 Å². The number of nitrogens with zero attached hydrogens (tertiary/aromatic N) is 3. The molecular formula is C25H24N4O6. The summed E-state index contributed by atoms with van der Waals surface area (Å²) in [5.41, 5.74) is 7.83. The molecule has 3 rings (SSSR count). The summed E-state index contributed by atoms with van der Waals surface area (Å²) < 4.78 is 9.98. The lowest BCUT2D eigenvalue weighted by Crippen LogP contribution is -2.40. The summed E-state index contributed by atoms with van der Waals surface area (Å²) in [5.74, 6) is -2.68. The van der Waals surface area contributed by atoms with Gasteiger partial charge in [-0.05, 0) is 23.3 Å². The number of nitro groups is 1. The summed E-state index contributed by atoms with van der Waals surface area (Å²) in [6.07, 6.45) is 0.200. The largest absolute Gasteiger partial charge is 0.466 e. The Balaban J connectivity index is 2.24. The first-order valence-electron chi connectivity index (χ1n) is 10.6. The summed E-state index contributed by atoms with van der Waals surface area (Å²) in [7, 11) is 2.34. The molecule has 0 radical (unpaired) electrons. The summed E-state index contributed by atoms with van der Waals surface area (Å²) >= 11 is 0. The maximum atomic E-state index is 13.0. The minimum Gasteiger partial charge on any atom is -0.466 e. The van der Waals surface area contributed by atoms with Gasteiger partial charge in [-0.3, -0.25) is 15.0 Å². The summed E-state index contributed by atoms with van der Waals surface area (Å²) in [5, 5.41) is 21.0. The zero-order valence-electron chi connectivity index (χ0n) is 19.4. The average Bonchev–Trinajstić information content (AvgIpc) is 2.87. The van der Waals surface area contributed by atoms with Crippen LogP contribution in [0.15, 0.2) is 77.3 Å². The molecule has 0 fully saturated rings. The fourth-order valence-electron chi connectivity index (χ4n) is 3.98. The van der Waals surface area contributed by atoms with Gasteiger partial charge in [0, 0.05) is 24.0 Å². The lowest BCUT2D eigenvalue weighted by atomic mass is 9.81. The normalized spacial score (nSPS) is 16.4. The molecule has 0 saturated carbocycles. The SMILES string of the molecule is COC(=O)C1=C(C(=O)OC)N(c2ccc(CC(C)[N+](=O)[O-])cc2)C(N)=C(C#N)C1c1ccccc1. The number of allylic oxidation sites excluding steroid dienone is 1. The van der Waals surface area contributed by atoms with Crippen molar-refractivity contribution in [1.82, 2.24) is 0 Å². The van der Waals surface area contributed by atoms with Gasteiger partial charge >= 0.3 is 11.9 Å². The quantitative estimate of drug-likeness (QED) is 0.361. The number of nitrogens with two attached hydrogens (primary N) is 1. The number of anilines is 1. The molecule has 0 aromatic heterocycles. The number of esters is 2. The Hall–Kier alpha value is -4.65. The molecule has 0 bridgehead atoms. The molecule has 2 aromatic carbocycles. The monoisotopic (exact) mass is 476 g/mol. The molecule has 35 heavy (non-hydrogen) atoms. The molecule has 1 aliphatic heterocycles. The summed E-state index contributed by atoms with van der Waals surface area (Å²) in [6, 6.07) is 16.5. The smallest absolute Gasteiger partial charge is 0.355 e. The first-order valence-corrected chi connectivity index (χ1v) is 10.6. The van der Waals surface area contributed by atoms with Gasteiger partial charge in [-0.2, -0.15) is 5.26 Å². The van der Waals surface area contributed by atoms with Crippen LogP contribution in [0.3, 0.4) is 0 Å². The van der Waals surface area contributed by atoms with Crippen LogP contribution in [0.2, 0.25) is 0 Å². The Kier molecular flexibility index (Phi) is 7.51. The van der Waals surface area contributed by atoms with Gasteiger partial charge in [0.05, 0.1) is 37.4 Å². The molecule has 1 heterocycles. The van der Waals surface area contributed by atoms with Gasteiger partial charge in [-0.15, -0.1) is 0 Å². The number of hydrogen-bond donors (Lipinski definition) is 1. The van der Waals surface area contributed by atoms with Crippen LogP contribution in [-0.2, 0) is 25.5 Å². The van der Waals surface area contributed by atoms with Crippen LogP contribution >= 0.6 is 0 Å². The molecular weight excluding hydrogens is 452 g/mol. The van der Waals surface area contributed by atoms with Crippen LogP contribution in [-0.4, -0.2) is 37.1 Å². The van der Waals surface area contributed by atoms with Crippen LogP contribution in [0.4, 0.5) is 5.69 Å². The molecule has 1 aliphatic rings. The van der Waals surface area contributed by atoms with Gasteiger partial charge in [0.2, 0.25) is 6.04 Å². The molecule has 2 N–H and O–H groups in total. The van der Waals surface area contributed by atoms with Crippen molar-refractivity contribution < 1.29 is 24.0 Å². The Labute approximate surface area is 202 Å². The van der Waals surface area contributed by atoms with Crippen molar-refractivity contribution in [2.24, 2.45) is 5.73 Å². The highest BCUT2D eigenvalue weighted by Crippen LogP contribution is 2.43. The molecule has 10 nitrogen and oxygen atoms in total. The van der Waals surface area contributed by atoms with E-state index >= 15 is 0 Å². The molecule has 10 heteroatoms. The molecule has 2 atom stereocenters. The zero-order valence-corrected chi connectivity index (χ0v) is 19.4. The maximum Gasteiger partial charge on any atom is 0.355 e. The maximum absolute atomic E-state index is 13.0. The number of benzene rings is 2. The number of carbonyl (C=O) groups is 2. The summed E-state index contributed by atoms with van der Waals surface area (Å²) in [4.78, 5) is 37.9. The first-order chi connectivity index (χ1) is 16.7. The average molecular weight is 476 g/mol. The number of rotatable bonds is 7. The third kappa shape index (κ3) is 4.84. The lowest BCUT2D eigenvalue weighted by molar-refractivity contribution is -0.517. The fraction of sp³-hybridized carbons (Fsp3) is 0.240. The van der Waals surface area contributed by atoms with Crippen LogP contribution < -0.4 is 10.6 Å². The minimum atomic E-state index is -0.959. The second kappa shape index (κ2) is 10.5. The minimum absolute atomic E-state index is 0.0512. The Morgan fingerprint density at radius 2 is 1.71 bits per heavy atom. The predicted octanol–water partition coefficient (Wildman–Crippen LogP) is 2.79. The fourth-order valence-corrected chi connectivity index (χ4v) is 3.98. The van der Waals surface area contributed by atoms with E-state index < -0.39 is 23.9 Å². The lowest BCUT2D eigenvalue weighted by Gasteiger charge is -2.35. The Morgan fingerprint density at radius 3 is 2.23 bits per heavy atom. The van der Waals surface area contributed by atoms with Crippen LogP contribution in [0.25, 0.3) is 0 Å². The second-order valence-electron chi connectivity index (χ2n) is 7.84. The molecule has 0 aliphatic carbocycles. The summed E-state index contributed by atoms with van der Waals surface area (Å²) in [6.45, 7) is 1.50. The Bertz CT molecular complexity index is 1240. The van der Waals surface area contributed by atoms with E-state index in [1.54, 1.807) is 54.6 Å². The Morgan fingerprint density at radius 1 is 1.11 bits per heavy atom.